The average Bonchev–Trinajstić information content (AvgIpc) is 2.51. The number of aromatic nitrogens is 1. The van der Waals surface area contributed by atoms with Crippen molar-refractivity contribution in [3.8, 4) is 0 Å². The van der Waals surface area contributed by atoms with Crippen molar-refractivity contribution in [2.75, 3.05) is 24.5 Å². The Kier molecular flexibility index (Phi) is 5.41. The van der Waals surface area contributed by atoms with Gasteiger partial charge in [0, 0.05) is 31.1 Å². The summed E-state index contributed by atoms with van der Waals surface area (Å²) in [7, 11) is 0. The van der Waals surface area contributed by atoms with E-state index in [1.54, 1.807) is 6.07 Å². The summed E-state index contributed by atoms with van der Waals surface area (Å²) < 4.78 is 0. The van der Waals surface area contributed by atoms with Gasteiger partial charge in [-0.2, -0.15) is 0 Å². The molecule has 1 fully saturated rings. The van der Waals surface area contributed by atoms with E-state index in [0.717, 1.165) is 37.3 Å². The number of amides is 1. The number of nitrogens with one attached hydrogen (secondary N) is 1. The van der Waals surface area contributed by atoms with Crippen LogP contribution in [0.4, 0.5) is 11.5 Å². The van der Waals surface area contributed by atoms with E-state index in [-0.39, 0.29) is 17.0 Å². The van der Waals surface area contributed by atoms with Gasteiger partial charge in [-0.25, -0.2) is 4.98 Å². The summed E-state index contributed by atoms with van der Waals surface area (Å²) in [6.07, 6.45) is 3.40. The van der Waals surface area contributed by atoms with Gasteiger partial charge in [0.15, 0.2) is 0 Å². The van der Waals surface area contributed by atoms with Gasteiger partial charge < -0.3 is 10.2 Å². The molecule has 2 rings (SSSR count). The Labute approximate surface area is 142 Å². The van der Waals surface area contributed by atoms with Crippen LogP contribution in [0.2, 0.25) is 0 Å². The first-order valence-corrected chi connectivity index (χ1v) is 8.33. The van der Waals surface area contributed by atoms with Crippen molar-refractivity contribution in [2.45, 2.75) is 40.5 Å². The topological polar surface area (TPSA) is 88.4 Å². The second-order valence-electron chi connectivity index (χ2n) is 7.51. The van der Waals surface area contributed by atoms with Crippen LogP contribution in [0.25, 0.3) is 0 Å². The van der Waals surface area contributed by atoms with Crippen LogP contribution >= 0.6 is 0 Å². The van der Waals surface area contributed by atoms with Gasteiger partial charge in [-0.1, -0.05) is 20.8 Å². The molecule has 1 unspecified atom stereocenters. The molecule has 1 saturated heterocycles. The lowest BCUT2D eigenvalue weighted by atomic mass is 9.94. The molecule has 7 heteroatoms. The van der Waals surface area contributed by atoms with E-state index < -0.39 is 4.92 Å². The van der Waals surface area contributed by atoms with E-state index in [1.165, 1.54) is 6.20 Å². The van der Waals surface area contributed by atoms with Crippen molar-refractivity contribution in [1.29, 1.82) is 0 Å². The van der Waals surface area contributed by atoms with Gasteiger partial charge in [-0.3, -0.25) is 14.9 Å². The van der Waals surface area contributed by atoms with E-state index in [0.29, 0.717) is 12.5 Å². The minimum absolute atomic E-state index is 0.0160. The third kappa shape index (κ3) is 4.43. The largest absolute Gasteiger partial charge is 0.356 e. The normalized spacial score (nSPS) is 18.3. The van der Waals surface area contributed by atoms with Crippen molar-refractivity contribution >= 4 is 17.4 Å². The zero-order valence-electron chi connectivity index (χ0n) is 14.8. The second kappa shape index (κ2) is 7.15. The molecule has 0 spiro atoms. The Morgan fingerprint density at radius 2 is 2.21 bits per heavy atom. The number of pyridine rings is 1. The molecule has 132 valence electrons. The Morgan fingerprint density at radius 3 is 2.79 bits per heavy atom. The molecule has 1 atom stereocenters. The number of rotatable bonds is 4. The van der Waals surface area contributed by atoms with Crippen LogP contribution in [0.15, 0.2) is 12.3 Å². The maximum Gasteiger partial charge on any atom is 0.287 e. The van der Waals surface area contributed by atoms with Gasteiger partial charge >= 0.3 is 0 Å². The van der Waals surface area contributed by atoms with E-state index in [9.17, 15) is 14.9 Å². The third-order valence-corrected chi connectivity index (χ3v) is 4.30. The van der Waals surface area contributed by atoms with Gasteiger partial charge in [0.05, 0.1) is 4.92 Å². The minimum Gasteiger partial charge on any atom is -0.356 e. The number of piperidine rings is 1. The Morgan fingerprint density at radius 1 is 1.50 bits per heavy atom. The first-order valence-electron chi connectivity index (χ1n) is 8.33. The van der Waals surface area contributed by atoms with Gasteiger partial charge in [0.1, 0.15) is 12.0 Å². The van der Waals surface area contributed by atoms with Crippen LogP contribution in [0.5, 0.6) is 0 Å². The molecule has 0 bridgehead atoms. The molecule has 0 radical (unpaired) electrons. The standard InChI is InChI=1S/C17H26N4O3/c1-12-8-14(21(23)24)10-18-15(12)20-7-5-6-13(11-20)9-19-16(22)17(2,3)4/h8,10,13H,5-7,9,11H2,1-4H3,(H,19,22). The summed E-state index contributed by atoms with van der Waals surface area (Å²) in [6.45, 7) is 9.89. The SMILES string of the molecule is Cc1cc([N+](=O)[O-])cnc1N1CCCC(CNC(=O)C(C)(C)C)C1. The highest BCUT2D eigenvalue weighted by atomic mass is 16.6. The van der Waals surface area contributed by atoms with Crippen LogP contribution in [0, 0.1) is 28.4 Å². The van der Waals surface area contributed by atoms with Crippen LogP contribution in [0.1, 0.15) is 39.2 Å². The molecule has 24 heavy (non-hydrogen) atoms. The summed E-state index contributed by atoms with van der Waals surface area (Å²) >= 11 is 0. The van der Waals surface area contributed by atoms with Crippen molar-refractivity contribution < 1.29 is 9.72 Å². The fraction of sp³-hybridized carbons (Fsp3) is 0.647. The van der Waals surface area contributed by atoms with Gasteiger partial charge in [0.2, 0.25) is 5.91 Å². The number of aryl methyl sites for hydroxylation is 1. The van der Waals surface area contributed by atoms with Crippen molar-refractivity contribution in [1.82, 2.24) is 10.3 Å². The highest BCUT2D eigenvalue weighted by Crippen LogP contribution is 2.26. The van der Waals surface area contributed by atoms with Crippen molar-refractivity contribution in [2.24, 2.45) is 11.3 Å². The van der Waals surface area contributed by atoms with Crippen molar-refractivity contribution in [3.05, 3.63) is 27.9 Å². The molecule has 7 nitrogen and oxygen atoms in total. The molecule has 1 aliphatic rings. The molecular formula is C17H26N4O3. The Hall–Kier alpha value is -2.18. The van der Waals surface area contributed by atoms with Crippen LogP contribution in [0.3, 0.4) is 0 Å². The van der Waals surface area contributed by atoms with E-state index in [4.69, 9.17) is 0 Å². The van der Waals surface area contributed by atoms with Crippen LogP contribution in [-0.2, 0) is 4.79 Å². The zero-order chi connectivity index (χ0) is 17.9. The fourth-order valence-electron chi connectivity index (χ4n) is 2.91. The second-order valence-corrected chi connectivity index (χ2v) is 7.51. The summed E-state index contributed by atoms with van der Waals surface area (Å²) in [6, 6.07) is 1.56. The van der Waals surface area contributed by atoms with Crippen molar-refractivity contribution in [3.63, 3.8) is 0 Å². The lowest BCUT2D eigenvalue weighted by Gasteiger charge is -2.34. The smallest absolute Gasteiger partial charge is 0.287 e. The molecule has 1 aromatic rings. The minimum atomic E-state index is -0.426. The molecule has 1 aromatic heterocycles. The lowest BCUT2D eigenvalue weighted by molar-refractivity contribution is -0.385. The quantitative estimate of drug-likeness (QED) is 0.675. The zero-order valence-corrected chi connectivity index (χ0v) is 14.8. The molecule has 0 saturated carbocycles. The molecule has 0 aromatic carbocycles. The number of carbonyl (C=O) groups is 1. The summed E-state index contributed by atoms with van der Waals surface area (Å²) in [4.78, 5) is 28.9. The predicted molar refractivity (Wildman–Crippen MR) is 93.0 cm³/mol. The summed E-state index contributed by atoms with van der Waals surface area (Å²) in [5.74, 6) is 1.22. The molecular weight excluding hydrogens is 308 g/mol. The molecule has 1 amide bonds. The van der Waals surface area contributed by atoms with Crippen LogP contribution in [-0.4, -0.2) is 35.4 Å². The average molecular weight is 334 g/mol. The van der Waals surface area contributed by atoms with Gasteiger partial charge in [0.25, 0.3) is 5.69 Å². The molecule has 0 aliphatic carbocycles. The fourth-order valence-corrected chi connectivity index (χ4v) is 2.91. The number of nitrogens with zero attached hydrogens (tertiary/aromatic N) is 3. The highest BCUT2D eigenvalue weighted by Gasteiger charge is 2.26. The lowest BCUT2D eigenvalue weighted by Crippen LogP contribution is -2.43. The maximum absolute atomic E-state index is 12.0. The van der Waals surface area contributed by atoms with E-state index in [2.05, 4.69) is 15.2 Å². The third-order valence-electron chi connectivity index (χ3n) is 4.30. The van der Waals surface area contributed by atoms with E-state index in [1.807, 2.05) is 27.7 Å². The number of hydrogen-bond donors (Lipinski definition) is 1. The first kappa shape index (κ1) is 18.2. The van der Waals surface area contributed by atoms with Crippen LogP contribution < -0.4 is 10.2 Å². The first-order chi connectivity index (χ1) is 11.2. The molecule has 2 heterocycles. The molecule has 1 N–H and O–H groups in total. The predicted octanol–water partition coefficient (Wildman–Crippen LogP) is 2.68. The highest BCUT2D eigenvalue weighted by molar-refractivity contribution is 5.81. The van der Waals surface area contributed by atoms with E-state index >= 15 is 0 Å². The van der Waals surface area contributed by atoms with Gasteiger partial charge in [-0.05, 0) is 31.2 Å². The Bertz CT molecular complexity index is 625. The number of carbonyl (C=O) groups excluding carboxylic acids is 1. The van der Waals surface area contributed by atoms with Gasteiger partial charge in [-0.15, -0.1) is 0 Å². The number of anilines is 1. The number of hydrogen-bond acceptors (Lipinski definition) is 5. The molecule has 1 aliphatic heterocycles. The summed E-state index contributed by atoms with van der Waals surface area (Å²) in [5, 5.41) is 13.9. The monoisotopic (exact) mass is 334 g/mol. The Balaban J connectivity index is 2.00. The number of nitro groups is 1. The summed E-state index contributed by atoms with van der Waals surface area (Å²) in [5.41, 5.74) is 0.441. The maximum atomic E-state index is 12.0.